The first kappa shape index (κ1) is 20.1. The molecule has 2 aromatic carbocycles. The number of hydrogen-bond donors (Lipinski definition) is 2. The number of benzene rings is 2. The zero-order valence-electron chi connectivity index (χ0n) is 17.4. The molecular weight excluding hydrogens is 411 g/mol. The van der Waals surface area contributed by atoms with E-state index in [1.165, 1.54) is 6.92 Å². The molecule has 5 heterocycles. The fourth-order valence-electron chi connectivity index (χ4n) is 3.97. The molecule has 0 spiro atoms. The van der Waals surface area contributed by atoms with Crippen LogP contribution >= 0.6 is 0 Å². The molecular formula is C24H21FN4O3. The second kappa shape index (κ2) is 7.71. The molecule has 0 aliphatic carbocycles. The number of anilines is 2. The van der Waals surface area contributed by atoms with Gasteiger partial charge in [-0.2, -0.15) is 0 Å². The summed E-state index contributed by atoms with van der Waals surface area (Å²) in [5.41, 5.74) is 1.82. The van der Waals surface area contributed by atoms with Crippen molar-refractivity contribution >= 4 is 23.3 Å². The third-order valence-electron chi connectivity index (χ3n) is 5.83. The van der Waals surface area contributed by atoms with Crippen LogP contribution < -0.4 is 15.4 Å². The third kappa shape index (κ3) is 3.68. The van der Waals surface area contributed by atoms with Crippen LogP contribution in [0, 0.1) is 5.82 Å². The number of fused-ring (bicyclic) bond motifs is 2. The Hall–Kier alpha value is -3.81. The van der Waals surface area contributed by atoms with Crippen LogP contribution in [0.2, 0.25) is 0 Å². The lowest BCUT2D eigenvalue weighted by Gasteiger charge is -2.33. The second-order valence-corrected chi connectivity index (χ2v) is 8.17. The highest BCUT2D eigenvalue weighted by molar-refractivity contribution is 6.11. The quantitative estimate of drug-likeness (QED) is 0.531. The molecule has 0 fully saturated rings. The van der Waals surface area contributed by atoms with Gasteiger partial charge in [0, 0.05) is 30.6 Å². The van der Waals surface area contributed by atoms with E-state index in [2.05, 4.69) is 20.6 Å². The fourth-order valence-corrected chi connectivity index (χ4v) is 3.97. The summed E-state index contributed by atoms with van der Waals surface area (Å²) in [6, 6.07) is 12.9. The lowest BCUT2D eigenvalue weighted by molar-refractivity contribution is -0.148. The van der Waals surface area contributed by atoms with Crippen molar-refractivity contribution in [3.8, 4) is 5.75 Å². The third-order valence-corrected chi connectivity index (χ3v) is 5.83. The van der Waals surface area contributed by atoms with Crippen LogP contribution in [-0.4, -0.2) is 33.8 Å². The van der Waals surface area contributed by atoms with Gasteiger partial charge in [-0.25, -0.2) is 14.4 Å². The number of nitrogens with one attached hydrogen (secondary N) is 2. The van der Waals surface area contributed by atoms with Crippen molar-refractivity contribution in [2.75, 3.05) is 11.9 Å². The average Bonchev–Trinajstić information content (AvgIpc) is 2.77. The van der Waals surface area contributed by atoms with Crippen molar-refractivity contribution in [1.29, 1.82) is 0 Å². The number of Topliss-reactive ketones (excluding diaryl/α,β-unsaturated/α-hetero) is 1. The molecule has 1 aromatic heterocycles. The largest absolute Gasteiger partial charge is 0.470 e. The van der Waals surface area contributed by atoms with E-state index in [-0.39, 0.29) is 24.3 Å². The number of ketones is 1. The molecule has 0 saturated carbocycles. The van der Waals surface area contributed by atoms with Gasteiger partial charge in [-0.1, -0.05) is 24.3 Å². The number of amides is 1. The van der Waals surface area contributed by atoms with Crippen LogP contribution in [0.5, 0.6) is 5.75 Å². The molecule has 8 bridgehead atoms. The molecule has 162 valence electrons. The van der Waals surface area contributed by atoms with Gasteiger partial charge in [-0.15, -0.1) is 0 Å². The van der Waals surface area contributed by atoms with E-state index in [0.29, 0.717) is 30.2 Å². The van der Waals surface area contributed by atoms with Gasteiger partial charge < -0.3 is 15.4 Å². The Bertz CT molecular complexity index is 1250. The molecule has 0 radical (unpaired) electrons. The molecule has 3 aromatic rings. The maximum absolute atomic E-state index is 14.4. The molecule has 8 heteroatoms. The van der Waals surface area contributed by atoms with Crippen LogP contribution in [0.4, 0.5) is 16.0 Å². The summed E-state index contributed by atoms with van der Waals surface area (Å²) < 4.78 is 20.3. The Kier molecular flexibility index (Phi) is 4.84. The highest BCUT2D eigenvalue weighted by Gasteiger charge is 2.46. The standard InChI is InChI=1S/C24H21FN4O3/c1-24-21(30)12-16-9-15(5-6-20(16)32-24)11-19-18(25)13-27-23(29-19)28-17-4-2-3-14(10-17)7-8-26-22(24)31/h2-6,9-10,13H,7-8,11-12H2,1H3,(H,26,31)(H,27,28,29). The Labute approximate surface area is 184 Å². The summed E-state index contributed by atoms with van der Waals surface area (Å²) in [5, 5.41) is 5.95. The predicted octanol–water partition coefficient (Wildman–Crippen LogP) is 2.89. The molecule has 4 aliphatic heterocycles. The van der Waals surface area contributed by atoms with Crippen LogP contribution in [0.1, 0.15) is 29.3 Å². The Morgan fingerprint density at radius 2 is 1.97 bits per heavy atom. The van der Waals surface area contributed by atoms with Gasteiger partial charge >= 0.3 is 0 Å². The van der Waals surface area contributed by atoms with Crippen molar-refractivity contribution in [2.45, 2.75) is 31.8 Å². The van der Waals surface area contributed by atoms with E-state index in [9.17, 15) is 14.0 Å². The van der Waals surface area contributed by atoms with Crippen molar-refractivity contribution in [1.82, 2.24) is 15.3 Å². The van der Waals surface area contributed by atoms with Crippen LogP contribution in [0.15, 0.2) is 48.7 Å². The molecule has 1 atom stereocenters. The number of aromatic nitrogens is 2. The zero-order valence-corrected chi connectivity index (χ0v) is 17.4. The van der Waals surface area contributed by atoms with E-state index < -0.39 is 17.3 Å². The van der Waals surface area contributed by atoms with E-state index in [1.54, 1.807) is 18.2 Å². The van der Waals surface area contributed by atoms with Gasteiger partial charge in [0.2, 0.25) is 11.5 Å². The minimum atomic E-state index is -1.59. The van der Waals surface area contributed by atoms with Gasteiger partial charge in [0.15, 0.2) is 11.6 Å². The van der Waals surface area contributed by atoms with Gasteiger partial charge in [-0.05, 0) is 42.7 Å². The Balaban J connectivity index is 1.57. The Morgan fingerprint density at radius 3 is 2.84 bits per heavy atom. The number of carbonyl (C=O) groups excluding carboxylic acids is 2. The Morgan fingerprint density at radius 1 is 1.09 bits per heavy atom. The predicted molar refractivity (Wildman–Crippen MR) is 115 cm³/mol. The molecule has 0 saturated heterocycles. The second-order valence-electron chi connectivity index (χ2n) is 8.17. The molecule has 32 heavy (non-hydrogen) atoms. The lowest BCUT2D eigenvalue weighted by Crippen LogP contribution is -2.57. The van der Waals surface area contributed by atoms with Gasteiger partial charge in [0.1, 0.15) is 5.75 Å². The number of nitrogens with zero attached hydrogens (tertiary/aromatic N) is 2. The van der Waals surface area contributed by atoms with Crippen molar-refractivity contribution in [3.05, 3.63) is 76.9 Å². The van der Waals surface area contributed by atoms with E-state index in [0.717, 1.165) is 23.0 Å². The molecule has 1 amide bonds. The first-order valence-electron chi connectivity index (χ1n) is 10.4. The number of ether oxygens (including phenoxy) is 1. The monoisotopic (exact) mass is 432 g/mol. The number of carbonyl (C=O) groups is 2. The first-order valence-corrected chi connectivity index (χ1v) is 10.4. The smallest absolute Gasteiger partial charge is 0.271 e. The average molecular weight is 432 g/mol. The molecule has 4 aliphatic rings. The summed E-state index contributed by atoms with van der Waals surface area (Å²) in [6.45, 7) is 1.85. The van der Waals surface area contributed by atoms with Crippen LogP contribution in [-0.2, 0) is 28.9 Å². The van der Waals surface area contributed by atoms with E-state index >= 15 is 0 Å². The summed E-state index contributed by atoms with van der Waals surface area (Å²) in [6.07, 6.45) is 2.00. The van der Waals surface area contributed by atoms with Crippen LogP contribution in [0.3, 0.4) is 0 Å². The minimum absolute atomic E-state index is 0.0637. The normalized spacial score (nSPS) is 20.1. The van der Waals surface area contributed by atoms with Crippen molar-refractivity contribution < 1.29 is 18.7 Å². The highest BCUT2D eigenvalue weighted by atomic mass is 19.1. The van der Waals surface area contributed by atoms with Crippen molar-refractivity contribution in [2.24, 2.45) is 0 Å². The maximum atomic E-state index is 14.4. The molecule has 7 nitrogen and oxygen atoms in total. The summed E-state index contributed by atoms with van der Waals surface area (Å²) in [4.78, 5) is 34.1. The summed E-state index contributed by atoms with van der Waals surface area (Å²) >= 11 is 0. The molecule has 2 N–H and O–H groups in total. The van der Waals surface area contributed by atoms with Gasteiger partial charge in [0.05, 0.1) is 11.9 Å². The van der Waals surface area contributed by atoms with Gasteiger partial charge in [0.25, 0.3) is 5.91 Å². The van der Waals surface area contributed by atoms with E-state index in [1.807, 2.05) is 24.3 Å². The lowest BCUT2D eigenvalue weighted by atomic mass is 9.89. The number of rotatable bonds is 0. The zero-order chi connectivity index (χ0) is 22.3. The SMILES string of the molecule is CC12Oc3ccc(cc3CC1=O)Cc1nc(ncc1F)Nc1cccc(c1)CCNC2=O. The first-order chi connectivity index (χ1) is 15.4. The molecule has 1 unspecified atom stereocenters. The van der Waals surface area contributed by atoms with Gasteiger partial charge in [-0.3, -0.25) is 9.59 Å². The maximum Gasteiger partial charge on any atom is 0.271 e. The number of hydrogen-bond acceptors (Lipinski definition) is 6. The van der Waals surface area contributed by atoms with E-state index in [4.69, 9.17) is 4.74 Å². The minimum Gasteiger partial charge on any atom is -0.470 e. The summed E-state index contributed by atoms with van der Waals surface area (Å²) in [7, 11) is 0. The topological polar surface area (TPSA) is 93.2 Å². The van der Waals surface area contributed by atoms with Crippen LogP contribution in [0.25, 0.3) is 0 Å². The summed E-state index contributed by atoms with van der Waals surface area (Å²) in [5.74, 6) is -0.515. The number of halogens is 1. The van der Waals surface area contributed by atoms with Crippen molar-refractivity contribution in [3.63, 3.8) is 0 Å². The fraction of sp³-hybridized carbons (Fsp3) is 0.250. The molecule has 7 rings (SSSR count). The highest BCUT2D eigenvalue weighted by Crippen LogP contribution is 2.33.